The lowest BCUT2D eigenvalue weighted by atomic mass is 10.2. The molecular weight excluding hydrogens is 649 g/mol. The van der Waals surface area contributed by atoms with Crippen molar-refractivity contribution < 1.29 is 41.0 Å². The van der Waals surface area contributed by atoms with E-state index in [1.54, 1.807) is 40.8 Å². The first-order valence-corrected chi connectivity index (χ1v) is 15.2. The fourth-order valence-electron chi connectivity index (χ4n) is 5.47. The molecule has 0 spiro atoms. The van der Waals surface area contributed by atoms with Crippen molar-refractivity contribution in [3.63, 3.8) is 0 Å². The number of carbonyl (C=O) groups is 2. The van der Waals surface area contributed by atoms with Gasteiger partial charge in [0.25, 0.3) is 11.8 Å². The molecule has 6 rings (SSSR count). The summed E-state index contributed by atoms with van der Waals surface area (Å²) >= 11 is 0. The normalized spacial score (nSPS) is 13.8. The summed E-state index contributed by atoms with van der Waals surface area (Å²) in [4.78, 5) is 34.1. The van der Waals surface area contributed by atoms with Gasteiger partial charge in [-0.05, 0) is 54.1 Å². The number of amides is 2. The number of nitrogens with one attached hydrogen (secondary N) is 1. The second-order valence-electron chi connectivity index (χ2n) is 11.5. The Morgan fingerprint density at radius 3 is 2.29 bits per heavy atom. The lowest BCUT2D eigenvalue weighted by Gasteiger charge is -2.34. The molecular formula is C35H30F5N5O4. The molecule has 1 fully saturated rings. The summed E-state index contributed by atoms with van der Waals surface area (Å²) in [6.45, 7) is 1.57. The number of aromatic nitrogens is 2. The summed E-state index contributed by atoms with van der Waals surface area (Å²) in [5.74, 6) is -1.76. The highest BCUT2D eigenvalue weighted by Gasteiger charge is 2.28. The van der Waals surface area contributed by atoms with E-state index in [2.05, 4.69) is 15.2 Å². The second-order valence-corrected chi connectivity index (χ2v) is 11.5. The Labute approximate surface area is 277 Å². The Hall–Kier alpha value is -5.50. The van der Waals surface area contributed by atoms with E-state index >= 15 is 0 Å². The van der Waals surface area contributed by atoms with Gasteiger partial charge in [0.05, 0.1) is 23.0 Å². The van der Waals surface area contributed by atoms with Gasteiger partial charge in [-0.15, -0.1) is 0 Å². The Morgan fingerprint density at radius 2 is 1.61 bits per heavy atom. The highest BCUT2D eigenvalue weighted by atomic mass is 19.4. The minimum absolute atomic E-state index is 0.105. The van der Waals surface area contributed by atoms with Crippen molar-refractivity contribution in [2.75, 3.05) is 38.1 Å². The molecule has 1 aliphatic heterocycles. The van der Waals surface area contributed by atoms with Gasteiger partial charge in [-0.2, -0.15) is 13.2 Å². The predicted octanol–water partition coefficient (Wildman–Crippen LogP) is 6.80. The van der Waals surface area contributed by atoms with Crippen LogP contribution in [-0.2, 0) is 13.6 Å². The third-order valence-corrected chi connectivity index (χ3v) is 8.02. The molecule has 5 aromatic rings. The van der Waals surface area contributed by atoms with Gasteiger partial charge in [-0.1, -0.05) is 12.1 Å². The van der Waals surface area contributed by atoms with Crippen LogP contribution in [0.3, 0.4) is 0 Å². The van der Waals surface area contributed by atoms with E-state index in [1.165, 1.54) is 30.5 Å². The van der Waals surface area contributed by atoms with Crippen LogP contribution >= 0.6 is 0 Å². The van der Waals surface area contributed by atoms with Gasteiger partial charge in [0, 0.05) is 63.4 Å². The number of fused-ring (bicyclic) bond motifs is 1. The molecule has 2 aromatic heterocycles. The van der Waals surface area contributed by atoms with Crippen LogP contribution in [0.4, 0.5) is 27.6 Å². The molecule has 0 unspecified atom stereocenters. The molecule has 0 bridgehead atoms. The van der Waals surface area contributed by atoms with Crippen LogP contribution in [0.5, 0.6) is 17.4 Å². The van der Waals surface area contributed by atoms with Crippen LogP contribution in [0.15, 0.2) is 85.1 Å². The second kappa shape index (κ2) is 13.9. The quantitative estimate of drug-likeness (QED) is 0.173. The molecule has 1 N–H and O–H groups in total. The number of rotatable bonds is 9. The molecule has 3 heterocycles. The highest BCUT2D eigenvalue weighted by Crippen LogP contribution is 2.28. The standard InChI is InChI=1S/C35H30F5N5O4/c1-43-30-18-27(49-32-11-6-25(19-41-32)42-33(46)28-10-5-24(36)17-29(28)37)9-4-23(30)16-31(43)34(47)45-14-12-44(13-15-45)20-22-2-7-26(8-3-22)48-21-35(38,39)40/h2-11,16-19H,12-15,20-21H2,1H3,(H,42,46). The average Bonchev–Trinajstić information content (AvgIpc) is 3.40. The molecule has 9 nitrogen and oxygen atoms in total. The van der Waals surface area contributed by atoms with Gasteiger partial charge in [0.15, 0.2) is 6.61 Å². The van der Waals surface area contributed by atoms with Gasteiger partial charge in [-0.3, -0.25) is 14.5 Å². The number of nitrogens with zero attached hydrogens (tertiary/aromatic N) is 4. The zero-order valence-electron chi connectivity index (χ0n) is 26.1. The summed E-state index contributed by atoms with van der Waals surface area (Å²) in [5, 5.41) is 3.36. The third kappa shape index (κ3) is 8.15. The summed E-state index contributed by atoms with van der Waals surface area (Å²) < 4.78 is 76.7. The van der Waals surface area contributed by atoms with Crippen molar-refractivity contribution in [3.8, 4) is 17.4 Å². The largest absolute Gasteiger partial charge is 0.484 e. The lowest BCUT2D eigenvalue weighted by Crippen LogP contribution is -2.48. The molecule has 0 aliphatic carbocycles. The first kappa shape index (κ1) is 33.4. The number of anilines is 1. The fourth-order valence-corrected chi connectivity index (χ4v) is 5.47. The van der Waals surface area contributed by atoms with Gasteiger partial charge < -0.3 is 24.3 Å². The molecule has 1 saturated heterocycles. The Morgan fingerprint density at radius 1 is 0.878 bits per heavy atom. The average molecular weight is 680 g/mol. The highest BCUT2D eigenvalue weighted by molar-refractivity contribution is 6.04. The van der Waals surface area contributed by atoms with Crippen LogP contribution in [0.25, 0.3) is 10.9 Å². The summed E-state index contributed by atoms with van der Waals surface area (Å²) in [7, 11) is 1.80. The molecule has 3 aromatic carbocycles. The van der Waals surface area contributed by atoms with E-state index in [0.29, 0.717) is 50.2 Å². The number of piperazine rings is 1. The summed E-state index contributed by atoms with van der Waals surface area (Å²) in [5.41, 5.74) is 2.20. The van der Waals surface area contributed by atoms with Gasteiger partial charge in [0.2, 0.25) is 5.88 Å². The predicted molar refractivity (Wildman–Crippen MR) is 171 cm³/mol. The number of hydrogen-bond acceptors (Lipinski definition) is 6. The number of halogens is 5. The van der Waals surface area contributed by atoms with Crippen LogP contribution in [0.2, 0.25) is 0 Å². The van der Waals surface area contributed by atoms with Gasteiger partial charge >= 0.3 is 6.18 Å². The van der Waals surface area contributed by atoms with Crippen LogP contribution < -0.4 is 14.8 Å². The van der Waals surface area contributed by atoms with Crippen molar-refractivity contribution in [2.24, 2.45) is 7.05 Å². The zero-order chi connectivity index (χ0) is 34.7. The Balaban J connectivity index is 1.03. The molecule has 49 heavy (non-hydrogen) atoms. The number of carbonyl (C=O) groups excluding carboxylic acids is 2. The maximum atomic E-state index is 13.9. The van der Waals surface area contributed by atoms with Gasteiger partial charge in [0.1, 0.15) is 28.8 Å². The van der Waals surface area contributed by atoms with Crippen LogP contribution in [0, 0.1) is 11.6 Å². The van der Waals surface area contributed by atoms with Crippen LogP contribution in [0.1, 0.15) is 26.4 Å². The number of aryl methyl sites for hydroxylation is 1. The first-order valence-electron chi connectivity index (χ1n) is 15.2. The fraction of sp³-hybridized carbons (Fsp3) is 0.229. The van der Waals surface area contributed by atoms with E-state index in [9.17, 15) is 31.5 Å². The van der Waals surface area contributed by atoms with Crippen molar-refractivity contribution in [3.05, 3.63) is 114 Å². The maximum absolute atomic E-state index is 13.9. The molecule has 0 saturated carbocycles. The summed E-state index contributed by atoms with van der Waals surface area (Å²) in [6.07, 6.45) is -3.05. The van der Waals surface area contributed by atoms with Crippen LogP contribution in [-0.4, -0.2) is 70.1 Å². The van der Waals surface area contributed by atoms with Crippen molar-refractivity contribution in [1.29, 1.82) is 0 Å². The molecule has 2 amide bonds. The van der Waals surface area contributed by atoms with Gasteiger partial charge in [-0.25, -0.2) is 13.8 Å². The van der Waals surface area contributed by atoms with Crippen molar-refractivity contribution >= 4 is 28.4 Å². The summed E-state index contributed by atoms with van der Waals surface area (Å²) in [6, 6.07) is 19.5. The maximum Gasteiger partial charge on any atom is 0.422 e. The van der Waals surface area contributed by atoms with Crippen molar-refractivity contribution in [2.45, 2.75) is 12.7 Å². The van der Waals surface area contributed by atoms with E-state index in [-0.39, 0.29) is 28.8 Å². The SMILES string of the molecule is Cn1c(C(=O)N2CCN(Cc3ccc(OCC(F)(F)F)cc3)CC2)cc2ccc(Oc3ccc(NC(=O)c4ccc(F)cc4F)cn3)cc21. The molecule has 0 radical (unpaired) electrons. The molecule has 1 aliphatic rings. The zero-order valence-corrected chi connectivity index (χ0v) is 26.1. The number of benzene rings is 3. The van der Waals surface area contributed by atoms with E-state index in [1.807, 2.05) is 12.1 Å². The Kier molecular flexibility index (Phi) is 9.49. The topological polar surface area (TPSA) is 88.9 Å². The molecule has 0 atom stereocenters. The van der Waals surface area contributed by atoms with E-state index < -0.39 is 30.3 Å². The monoisotopic (exact) mass is 679 g/mol. The lowest BCUT2D eigenvalue weighted by molar-refractivity contribution is -0.153. The first-order chi connectivity index (χ1) is 23.4. The Bertz CT molecular complexity index is 1970. The number of alkyl halides is 3. The number of ether oxygens (including phenoxy) is 2. The molecule has 14 heteroatoms. The van der Waals surface area contributed by atoms with Crippen molar-refractivity contribution in [1.82, 2.24) is 19.4 Å². The minimum atomic E-state index is -4.39. The number of pyridine rings is 1. The van der Waals surface area contributed by atoms with E-state index in [4.69, 9.17) is 9.47 Å². The smallest absolute Gasteiger partial charge is 0.422 e. The minimum Gasteiger partial charge on any atom is -0.484 e. The molecule has 254 valence electrons. The number of hydrogen-bond donors (Lipinski definition) is 1. The third-order valence-electron chi connectivity index (χ3n) is 8.02. The van der Waals surface area contributed by atoms with E-state index in [0.717, 1.165) is 28.6 Å².